The van der Waals surface area contributed by atoms with Crippen LogP contribution in [0.15, 0.2) is 91.4 Å². The fourth-order valence-corrected chi connectivity index (χ4v) is 8.49. The van der Waals surface area contributed by atoms with Gasteiger partial charge < -0.3 is 25.2 Å². The van der Waals surface area contributed by atoms with Crippen LogP contribution in [0.2, 0.25) is 0 Å². The number of rotatable bonds is 13. The number of nitrogens with one attached hydrogen (secondary N) is 3. The number of aryl methyl sites for hydroxylation is 1. The van der Waals surface area contributed by atoms with Crippen LogP contribution < -0.4 is 25.6 Å². The average Bonchev–Trinajstić information content (AvgIpc) is 3.77. The Labute approximate surface area is 351 Å². The third-order valence-corrected chi connectivity index (χ3v) is 12.2. The van der Waals surface area contributed by atoms with Crippen LogP contribution in [0, 0.1) is 12.8 Å². The lowest BCUT2D eigenvalue weighted by molar-refractivity contribution is -0.138. The summed E-state index contributed by atoms with van der Waals surface area (Å²) in [5.74, 6) is 1.72. The van der Waals surface area contributed by atoms with Crippen LogP contribution in [0.3, 0.4) is 0 Å². The maximum atomic E-state index is 12.7. The monoisotopic (exact) mass is 809 g/mol. The van der Waals surface area contributed by atoms with Gasteiger partial charge in [0.25, 0.3) is 11.8 Å². The van der Waals surface area contributed by atoms with E-state index in [0.717, 1.165) is 60.8 Å². The molecule has 0 spiro atoms. The van der Waals surface area contributed by atoms with E-state index in [1.54, 1.807) is 23.3 Å². The van der Waals surface area contributed by atoms with Gasteiger partial charge in [-0.3, -0.25) is 24.4 Å². The fraction of sp³-hybridized carbons (Fsp3) is 0.404. The van der Waals surface area contributed by atoms with E-state index in [9.17, 15) is 14.4 Å². The molecular weight excluding hydrogens is 755 g/mol. The van der Waals surface area contributed by atoms with Gasteiger partial charge in [-0.05, 0) is 137 Å². The second-order valence-corrected chi connectivity index (χ2v) is 16.7. The maximum absolute atomic E-state index is 12.7. The van der Waals surface area contributed by atoms with Crippen molar-refractivity contribution in [1.82, 2.24) is 35.3 Å². The zero-order valence-electron chi connectivity index (χ0n) is 34.8. The third-order valence-electron chi connectivity index (χ3n) is 12.2. The molecule has 1 unspecified atom stereocenters. The van der Waals surface area contributed by atoms with E-state index in [2.05, 4.69) is 78.3 Å². The molecular formula is C47H55N9O4. The van der Waals surface area contributed by atoms with Gasteiger partial charge in [0.2, 0.25) is 11.9 Å². The molecule has 3 aliphatic heterocycles. The molecule has 3 aliphatic rings. The fourth-order valence-electron chi connectivity index (χ4n) is 8.49. The first kappa shape index (κ1) is 40.7. The second kappa shape index (κ2) is 18.5. The number of amides is 3. The average molecular weight is 810 g/mol. The number of likely N-dealkylation sites (tertiary alicyclic amines) is 1. The van der Waals surface area contributed by atoms with E-state index >= 15 is 0 Å². The lowest BCUT2D eigenvalue weighted by Gasteiger charge is -2.38. The minimum absolute atomic E-state index is 0.140. The number of aromatic nitrogens is 4. The standard InChI is InChI=1S/C47H55N9O4/c1-31(2)56-30-38(28-50-56)45(58)49-27-37-5-4-36(26-32(37)3)42-16-21-48-47(52-42)51-39-8-6-34(7-9-39)35-19-22-54(23-20-35)29-33-17-24-55(25-18-33)40-10-12-41(13-11-40)60-43-14-15-44(57)53-46(43)59/h4-13,16,21,26,28,30-31,33,35,43H,14-15,17-20,22-25,27,29H2,1-3H3,(H,49,58)(H,48,51,52)(H,53,57,59). The second-order valence-electron chi connectivity index (χ2n) is 16.7. The Hall–Kier alpha value is -6.08. The van der Waals surface area contributed by atoms with Crippen molar-refractivity contribution in [2.45, 2.75) is 83.9 Å². The zero-order chi connectivity index (χ0) is 41.6. The summed E-state index contributed by atoms with van der Waals surface area (Å²) in [7, 11) is 0. The molecule has 3 fully saturated rings. The molecule has 8 rings (SSSR count). The van der Waals surface area contributed by atoms with E-state index < -0.39 is 6.10 Å². The Morgan fingerprint density at radius 2 is 1.68 bits per heavy atom. The highest BCUT2D eigenvalue weighted by Gasteiger charge is 2.29. The van der Waals surface area contributed by atoms with E-state index in [4.69, 9.17) is 9.72 Å². The normalized spacial score (nSPS) is 18.1. The number of hydrogen-bond acceptors (Lipinski definition) is 10. The maximum Gasteiger partial charge on any atom is 0.267 e. The number of carbonyl (C=O) groups excluding carboxylic acids is 3. The number of carbonyl (C=O) groups is 3. The number of ether oxygens (including phenoxy) is 1. The Bertz CT molecular complexity index is 2270. The summed E-state index contributed by atoms with van der Waals surface area (Å²) in [6, 6.07) is 25.0. The number of hydrogen-bond donors (Lipinski definition) is 3. The number of imide groups is 1. The SMILES string of the molecule is Cc1cc(-c2ccnc(Nc3ccc(C4CCN(CC5CCN(c6ccc(OC7CCC(=O)NC7=O)cc6)CC5)CC4)cc3)n2)ccc1CNC(=O)c1cnn(C(C)C)c1. The Morgan fingerprint density at radius 1 is 0.917 bits per heavy atom. The van der Waals surface area contributed by atoms with Crippen LogP contribution in [-0.4, -0.2) is 81.2 Å². The zero-order valence-corrected chi connectivity index (χ0v) is 34.8. The van der Waals surface area contributed by atoms with Gasteiger partial charge in [0.1, 0.15) is 5.75 Å². The van der Waals surface area contributed by atoms with Gasteiger partial charge in [-0.25, -0.2) is 9.97 Å². The minimum Gasteiger partial charge on any atom is -0.481 e. The van der Waals surface area contributed by atoms with Crippen LogP contribution in [0.4, 0.5) is 17.3 Å². The highest BCUT2D eigenvalue weighted by molar-refractivity contribution is 6.00. The number of piperidine rings is 3. The van der Waals surface area contributed by atoms with Crippen molar-refractivity contribution in [3.63, 3.8) is 0 Å². The lowest BCUT2D eigenvalue weighted by atomic mass is 9.88. The minimum atomic E-state index is -0.617. The molecule has 3 saturated heterocycles. The molecule has 312 valence electrons. The van der Waals surface area contributed by atoms with Crippen molar-refractivity contribution < 1.29 is 19.1 Å². The smallest absolute Gasteiger partial charge is 0.267 e. The van der Waals surface area contributed by atoms with E-state index in [-0.39, 0.29) is 23.8 Å². The number of anilines is 3. The van der Waals surface area contributed by atoms with E-state index in [1.165, 1.54) is 36.9 Å². The molecule has 2 aromatic heterocycles. The summed E-state index contributed by atoms with van der Waals surface area (Å²) in [5.41, 5.74) is 8.00. The van der Waals surface area contributed by atoms with Gasteiger partial charge in [-0.2, -0.15) is 5.10 Å². The summed E-state index contributed by atoms with van der Waals surface area (Å²) in [6.45, 7) is 12.0. The Morgan fingerprint density at radius 3 is 2.38 bits per heavy atom. The van der Waals surface area contributed by atoms with Gasteiger partial charge in [-0.1, -0.05) is 24.3 Å². The molecule has 60 heavy (non-hydrogen) atoms. The summed E-state index contributed by atoms with van der Waals surface area (Å²) in [4.78, 5) is 50.6. The van der Waals surface area contributed by atoms with Crippen molar-refractivity contribution in [2.24, 2.45) is 5.92 Å². The van der Waals surface area contributed by atoms with Gasteiger partial charge in [0.05, 0.1) is 17.5 Å². The first-order chi connectivity index (χ1) is 29.1. The Kier molecular flexibility index (Phi) is 12.5. The first-order valence-electron chi connectivity index (χ1n) is 21.3. The molecule has 13 heteroatoms. The van der Waals surface area contributed by atoms with Crippen LogP contribution in [0.25, 0.3) is 11.3 Å². The van der Waals surface area contributed by atoms with Crippen molar-refractivity contribution in [3.8, 4) is 17.0 Å². The molecule has 5 heterocycles. The van der Waals surface area contributed by atoms with Crippen LogP contribution >= 0.6 is 0 Å². The van der Waals surface area contributed by atoms with Crippen molar-refractivity contribution in [3.05, 3.63) is 114 Å². The third kappa shape index (κ3) is 10.0. The molecule has 0 bridgehead atoms. The van der Waals surface area contributed by atoms with Gasteiger partial charge in [-0.15, -0.1) is 0 Å². The van der Waals surface area contributed by atoms with E-state index in [0.29, 0.717) is 48.5 Å². The predicted octanol–water partition coefficient (Wildman–Crippen LogP) is 7.18. The summed E-state index contributed by atoms with van der Waals surface area (Å²) >= 11 is 0. The molecule has 3 N–H and O–H groups in total. The molecule has 3 aromatic carbocycles. The van der Waals surface area contributed by atoms with Crippen molar-refractivity contribution in [1.29, 1.82) is 0 Å². The largest absolute Gasteiger partial charge is 0.481 e. The van der Waals surface area contributed by atoms with E-state index in [1.807, 2.05) is 51.1 Å². The lowest BCUT2D eigenvalue weighted by Crippen LogP contribution is -2.46. The predicted molar refractivity (Wildman–Crippen MR) is 232 cm³/mol. The molecule has 0 saturated carbocycles. The molecule has 5 aromatic rings. The van der Waals surface area contributed by atoms with Crippen LogP contribution in [-0.2, 0) is 16.1 Å². The summed E-state index contributed by atoms with van der Waals surface area (Å²) in [5, 5.41) is 13.0. The van der Waals surface area contributed by atoms with Crippen LogP contribution in [0.5, 0.6) is 5.75 Å². The molecule has 0 radical (unpaired) electrons. The Balaban J connectivity index is 0.763. The van der Waals surface area contributed by atoms with Gasteiger partial charge in [0, 0.05) is 74.4 Å². The first-order valence-corrected chi connectivity index (χ1v) is 21.3. The van der Waals surface area contributed by atoms with Gasteiger partial charge >= 0.3 is 0 Å². The summed E-state index contributed by atoms with van der Waals surface area (Å²) < 4.78 is 7.64. The van der Waals surface area contributed by atoms with Crippen molar-refractivity contribution >= 4 is 35.0 Å². The quantitative estimate of drug-likeness (QED) is 0.105. The van der Waals surface area contributed by atoms with Gasteiger partial charge in [0.15, 0.2) is 6.10 Å². The van der Waals surface area contributed by atoms with Crippen molar-refractivity contribution in [2.75, 3.05) is 42.9 Å². The number of nitrogens with zero attached hydrogens (tertiary/aromatic N) is 6. The molecule has 0 aliphatic carbocycles. The molecule has 1 atom stereocenters. The highest BCUT2D eigenvalue weighted by atomic mass is 16.5. The van der Waals surface area contributed by atoms with Crippen LogP contribution in [0.1, 0.15) is 91.4 Å². The summed E-state index contributed by atoms with van der Waals surface area (Å²) in [6.07, 6.45) is 9.94. The number of benzene rings is 3. The molecule has 13 nitrogen and oxygen atoms in total. The highest BCUT2D eigenvalue weighted by Crippen LogP contribution is 2.32. The topological polar surface area (TPSA) is 147 Å². The molecule has 3 amide bonds.